The van der Waals surface area contributed by atoms with Crippen LogP contribution in [0.2, 0.25) is 5.02 Å². The van der Waals surface area contributed by atoms with Crippen LogP contribution in [0.25, 0.3) is 6.08 Å². The van der Waals surface area contributed by atoms with E-state index in [0.29, 0.717) is 33.0 Å². The number of ether oxygens (including phenoxy) is 3. The van der Waals surface area contributed by atoms with Gasteiger partial charge in [0.05, 0.1) is 11.1 Å². The van der Waals surface area contributed by atoms with E-state index in [1.54, 1.807) is 42.5 Å². The molecule has 2 aromatic carbocycles. The number of esters is 2. The molecule has 0 atom stereocenters. The van der Waals surface area contributed by atoms with Gasteiger partial charge in [0.25, 0.3) is 0 Å². The summed E-state index contributed by atoms with van der Waals surface area (Å²) in [5, 5.41) is 0.514. The molecule has 0 fully saturated rings. The maximum absolute atomic E-state index is 12.2. The highest BCUT2D eigenvalue weighted by Gasteiger charge is 2.24. The fourth-order valence-corrected chi connectivity index (χ4v) is 3.22. The van der Waals surface area contributed by atoms with Gasteiger partial charge in [-0.15, -0.1) is 0 Å². The van der Waals surface area contributed by atoms with Crippen LogP contribution >= 0.6 is 27.5 Å². The Balaban J connectivity index is 1.98. The van der Waals surface area contributed by atoms with E-state index >= 15 is 0 Å². The summed E-state index contributed by atoms with van der Waals surface area (Å²) in [6, 6.07) is 10.2. The van der Waals surface area contributed by atoms with Crippen molar-refractivity contribution in [2.45, 2.75) is 13.8 Å². The van der Waals surface area contributed by atoms with Crippen molar-refractivity contribution in [3.63, 3.8) is 0 Å². The SMILES string of the molecule is CCOc1cc(/C=C2\N=C(c3cccc(Cl)c3)OC2=O)cc(Br)c1OC(C)=O. The lowest BCUT2D eigenvalue weighted by Gasteiger charge is -2.12. The molecule has 0 saturated heterocycles. The fourth-order valence-electron chi connectivity index (χ4n) is 2.49. The average Bonchev–Trinajstić information content (AvgIpc) is 2.99. The lowest BCUT2D eigenvalue weighted by molar-refractivity contribution is -0.132. The van der Waals surface area contributed by atoms with Gasteiger partial charge in [-0.25, -0.2) is 9.79 Å². The molecule has 2 aromatic rings. The zero-order valence-corrected chi connectivity index (χ0v) is 17.3. The van der Waals surface area contributed by atoms with E-state index in [2.05, 4.69) is 20.9 Å². The van der Waals surface area contributed by atoms with Crippen molar-refractivity contribution < 1.29 is 23.8 Å². The van der Waals surface area contributed by atoms with Crippen molar-refractivity contribution in [3.05, 3.63) is 62.7 Å². The number of hydrogen-bond acceptors (Lipinski definition) is 6. The van der Waals surface area contributed by atoms with E-state index in [4.69, 9.17) is 25.8 Å². The van der Waals surface area contributed by atoms with Crippen LogP contribution in [0, 0.1) is 0 Å². The van der Waals surface area contributed by atoms with Gasteiger partial charge in [0, 0.05) is 17.5 Å². The maximum atomic E-state index is 12.2. The Morgan fingerprint density at radius 2 is 2.11 bits per heavy atom. The highest BCUT2D eigenvalue weighted by molar-refractivity contribution is 9.10. The third kappa shape index (κ3) is 4.61. The zero-order valence-electron chi connectivity index (χ0n) is 15.0. The van der Waals surface area contributed by atoms with Crippen LogP contribution in [0.4, 0.5) is 0 Å². The molecule has 0 amide bonds. The molecule has 0 aliphatic carbocycles. The number of carbonyl (C=O) groups excluding carboxylic acids is 2. The Morgan fingerprint density at radius 3 is 2.79 bits per heavy atom. The van der Waals surface area contributed by atoms with E-state index in [1.807, 2.05) is 6.92 Å². The number of rotatable bonds is 5. The van der Waals surface area contributed by atoms with Crippen LogP contribution < -0.4 is 9.47 Å². The first-order valence-electron chi connectivity index (χ1n) is 8.30. The molecule has 0 aromatic heterocycles. The minimum Gasteiger partial charge on any atom is -0.490 e. The first-order chi connectivity index (χ1) is 13.4. The van der Waals surface area contributed by atoms with Crippen LogP contribution in [0.15, 0.2) is 51.6 Å². The second-order valence-electron chi connectivity index (χ2n) is 5.70. The van der Waals surface area contributed by atoms with E-state index in [-0.39, 0.29) is 17.3 Å². The van der Waals surface area contributed by atoms with Gasteiger partial charge in [-0.05, 0) is 64.8 Å². The van der Waals surface area contributed by atoms with Crippen molar-refractivity contribution in [3.8, 4) is 11.5 Å². The van der Waals surface area contributed by atoms with Crippen molar-refractivity contribution in [2.75, 3.05) is 6.61 Å². The van der Waals surface area contributed by atoms with E-state index in [1.165, 1.54) is 6.92 Å². The van der Waals surface area contributed by atoms with Crippen LogP contribution in [0.3, 0.4) is 0 Å². The highest BCUT2D eigenvalue weighted by Crippen LogP contribution is 2.38. The maximum Gasteiger partial charge on any atom is 0.363 e. The van der Waals surface area contributed by atoms with Crippen LogP contribution in [-0.4, -0.2) is 24.4 Å². The molecule has 1 aliphatic heterocycles. The summed E-state index contributed by atoms with van der Waals surface area (Å²) in [5.41, 5.74) is 1.35. The van der Waals surface area contributed by atoms with Gasteiger partial charge >= 0.3 is 11.9 Å². The first kappa shape index (κ1) is 20.1. The summed E-state index contributed by atoms with van der Waals surface area (Å²) < 4.78 is 16.5. The molecule has 0 radical (unpaired) electrons. The lowest BCUT2D eigenvalue weighted by atomic mass is 10.1. The van der Waals surface area contributed by atoms with Crippen LogP contribution in [0.5, 0.6) is 11.5 Å². The zero-order chi connectivity index (χ0) is 20.3. The summed E-state index contributed by atoms with van der Waals surface area (Å²) in [4.78, 5) is 27.8. The van der Waals surface area contributed by atoms with E-state index < -0.39 is 11.9 Å². The van der Waals surface area contributed by atoms with Crippen LogP contribution in [-0.2, 0) is 14.3 Å². The van der Waals surface area contributed by atoms with Crippen molar-refractivity contribution in [1.82, 2.24) is 0 Å². The normalized spacial score (nSPS) is 14.6. The van der Waals surface area contributed by atoms with E-state index in [0.717, 1.165) is 0 Å². The largest absolute Gasteiger partial charge is 0.490 e. The molecule has 1 heterocycles. The summed E-state index contributed by atoms with van der Waals surface area (Å²) in [7, 11) is 0. The first-order valence-corrected chi connectivity index (χ1v) is 9.47. The predicted molar refractivity (Wildman–Crippen MR) is 109 cm³/mol. The summed E-state index contributed by atoms with van der Waals surface area (Å²) in [6.07, 6.45) is 1.56. The third-order valence-electron chi connectivity index (χ3n) is 3.57. The molecular weight excluding hydrogens is 450 g/mol. The minimum atomic E-state index is -0.576. The number of carbonyl (C=O) groups is 2. The molecule has 0 N–H and O–H groups in total. The number of benzene rings is 2. The summed E-state index contributed by atoms with van der Waals surface area (Å²) in [5.74, 6) is -0.228. The highest BCUT2D eigenvalue weighted by atomic mass is 79.9. The fraction of sp³-hybridized carbons (Fsp3) is 0.150. The third-order valence-corrected chi connectivity index (χ3v) is 4.40. The van der Waals surface area contributed by atoms with Crippen LogP contribution in [0.1, 0.15) is 25.0 Å². The lowest BCUT2D eigenvalue weighted by Crippen LogP contribution is -2.06. The molecule has 0 bridgehead atoms. The molecule has 144 valence electrons. The predicted octanol–water partition coefficient (Wildman–Crippen LogP) is 4.77. The van der Waals surface area contributed by atoms with E-state index in [9.17, 15) is 9.59 Å². The van der Waals surface area contributed by atoms with Gasteiger partial charge in [-0.1, -0.05) is 17.7 Å². The number of cyclic esters (lactones) is 1. The van der Waals surface area contributed by atoms with Crippen molar-refractivity contribution in [2.24, 2.45) is 4.99 Å². The Bertz CT molecular complexity index is 1020. The standard InChI is InChI=1S/C20H15BrClNO5/c1-3-26-17-9-12(7-15(21)18(17)27-11(2)24)8-16-20(25)28-19(23-16)13-5-4-6-14(22)10-13/h4-10H,3H2,1-2H3/b16-8-. The number of nitrogens with zero attached hydrogens (tertiary/aromatic N) is 1. The Kier molecular flexibility index (Phi) is 6.16. The molecule has 28 heavy (non-hydrogen) atoms. The van der Waals surface area contributed by atoms with Gasteiger partial charge < -0.3 is 14.2 Å². The Hall–Kier alpha value is -2.64. The van der Waals surface area contributed by atoms with Crippen molar-refractivity contribution >= 4 is 51.4 Å². The summed E-state index contributed by atoms with van der Waals surface area (Å²) in [6.45, 7) is 3.49. The van der Waals surface area contributed by atoms with Gasteiger partial charge in [0.1, 0.15) is 0 Å². The van der Waals surface area contributed by atoms with Gasteiger partial charge in [-0.3, -0.25) is 4.79 Å². The molecule has 1 aliphatic rings. The molecule has 3 rings (SSSR count). The Morgan fingerprint density at radius 1 is 1.32 bits per heavy atom. The molecule has 0 unspecified atom stereocenters. The smallest absolute Gasteiger partial charge is 0.363 e. The molecule has 0 saturated carbocycles. The van der Waals surface area contributed by atoms with Gasteiger partial charge in [0.2, 0.25) is 5.90 Å². The number of halogens is 2. The average molecular weight is 465 g/mol. The second-order valence-corrected chi connectivity index (χ2v) is 6.99. The quantitative estimate of drug-likeness (QED) is 0.362. The molecule has 6 nitrogen and oxygen atoms in total. The number of hydrogen-bond donors (Lipinski definition) is 0. The van der Waals surface area contributed by atoms with Gasteiger partial charge in [0.15, 0.2) is 17.2 Å². The topological polar surface area (TPSA) is 74.2 Å². The van der Waals surface area contributed by atoms with Crippen molar-refractivity contribution in [1.29, 1.82) is 0 Å². The Labute approximate surface area is 174 Å². The molecule has 0 spiro atoms. The second kappa shape index (κ2) is 8.58. The monoisotopic (exact) mass is 463 g/mol. The molecule has 8 heteroatoms. The summed E-state index contributed by atoms with van der Waals surface area (Å²) >= 11 is 9.34. The minimum absolute atomic E-state index is 0.129. The van der Waals surface area contributed by atoms with Gasteiger partial charge in [-0.2, -0.15) is 0 Å². The number of aliphatic imine (C=N–C) groups is 1. The molecular formula is C20H15BrClNO5.